The van der Waals surface area contributed by atoms with Gasteiger partial charge in [0.1, 0.15) is 24.2 Å². The third-order valence-electron chi connectivity index (χ3n) is 6.90. The third kappa shape index (κ3) is 6.28. The summed E-state index contributed by atoms with van der Waals surface area (Å²) in [5.41, 5.74) is 7.25. The first-order valence-corrected chi connectivity index (χ1v) is 12.8. The van der Waals surface area contributed by atoms with E-state index in [-0.39, 0.29) is 12.5 Å². The molecule has 186 valence electrons. The maximum Gasteiger partial charge on any atom is 0.303 e. The normalized spacial score (nSPS) is 16.7. The monoisotopic (exact) mass is 483 g/mol. The van der Waals surface area contributed by atoms with Crippen molar-refractivity contribution in [1.82, 2.24) is 0 Å². The van der Waals surface area contributed by atoms with Gasteiger partial charge in [0, 0.05) is 37.7 Å². The van der Waals surface area contributed by atoms with Crippen LogP contribution in [0.4, 0.5) is 5.69 Å². The van der Waals surface area contributed by atoms with Crippen molar-refractivity contribution >= 4 is 11.7 Å². The van der Waals surface area contributed by atoms with Crippen LogP contribution in [0.5, 0.6) is 11.5 Å². The Morgan fingerprint density at radius 2 is 1.64 bits per heavy atom. The number of carboxylic acids is 1. The van der Waals surface area contributed by atoms with E-state index in [9.17, 15) is 4.79 Å². The van der Waals surface area contributed by atoms with Crippen molar-refractivity contribution in [2.75, 3.05) is 11.4 Å². The molecule has 0 amide bonds. The second-order valence-electron chi connectivity index (χ2n) is 9.78. The van der Waals surface area contributed by atoms with Crippen LogP contribution in [0.1, 0.15) is 47.9 Å². The van der Waals surface area contributed by atoms with Crippen LogP contribution in [-0.4, -0.2) is 23.7 Å². The molecule has 1 aliphatic carbocycles. The van der Waals surface area contributed by atoms with Gasteiger partial charge >= 0.3 is 5.97 Å². The van der Waals surface area contributed by atoms with Crippen molar-refractivity contribution < 1.29 is 19.4 Å². The molecular formula is C31H33NO4. The van der Waals surface area contributed by atoms with E-state index in [1.165, 1.54) is 35.2 Å². The summed E-state index contributed by atoms with van der Waals surface area (Å²) in [6.07, 6.45) is 5.33. The summed E-state index contributed by atoms with van der Waals surface area (Å²) >= 11 is 0. The maximum atomic E-state index is 10.7. The van der Waals surface area contributed by atoms with Crippen molar-refractivity contribution in [1.29, 1.82) is 0 Å². The van der Waals surface area contributed by atoms with Gasteiger partial charge in [-0.05, 0) is 71.7 Å². The van der Waals surface area contributed by atoms with Crippen molar-refractivity contribution in [3.05, 3.63) is 101 Å². The Bertz CT molecular complexity index is 1220. The number of aliphatic carboxylic acids is 1. The maximum absolute atomic E-state index is 10.7. The predicted molar refractivity (Wildman–Crippen MR) is 142 cm³/mol. The Labute approximate surface area is 213 Å². The van der Waals surface area contributed by atoms with E-state index in [1.807, 2.05) is 24.3 Å². The third-order valence-corrected chi connectivity index (χ3v) is 6.90. The molecule has 5 nitrogen and oxygen atoms in total. The second-order valence-corrected chi connectivity index (χ2v) is 9.78. The van der Waals surface area contributed by atoms with Crippen LogP contribution in [-0.2, 0) is 30.8 Å². The molecule has 36 heavy (non-hydrogen) atoms. The number of carbonyl (C=O) groups is 1. The molecule has 0 spiro atoms. The molecule has 1 N–H and O–H groups in total. The summed E-state index contributed by atoms with van der Waals surface area (Å²) in [5, 5.41) is 8.82. The zero-order chi connectivity index (χ0) is 24.9. The van der Waals surface area contributed by atoms with Gasteiger partial charge in [0.2, 0.25) is 0 Å². The first kappa shape index (κ1) is 24.0. The Kier molecular flexibility index (Phi) is 7.26. The van der Waals surface area contributed by atoms with Gasteiger partial charge in [-0.25, -0.2) is 0 Å². The van der Waals surface area contributed by atoms with Crippen LogP contribution >= 0.6 is 0 Å². The highest BCUT2D eigenvalue weighted by Crippen LogP contribution is 2.36. The Hall–Kier alpha value is -3.73. The first-order valence-electron chi connectivity index (χ1n) is 12.8. The van der Waals surface area contributed by atoms with Crippen LogP contribution in [0.15, 0.2) is 78.9 Å². The molecule has 1 fully saturated rings. The van der Waals surface area contributed by atoms with Crippen LogP contribution < -0.4 is 14.4 Å². The lowest BCUT2D eigenvalue weighted by atomic mass is 10.1. The molecule has 1 unspecified atom stereocenters. The van der Waals surface area contributed by atoms with Gasteiger partial charge in [-0.2, -0.15) is 0 Å². The fourth-order valence-corrected chi connectivity index (χ4v) is 4.63. The van der Waals surface area contributed by atoms with E-state index in [0.29, 0.717) is 13.0 Å². The number of fused-ring (bicyclic) bond motifs is 1. The van der Waals surface area contributed by atoms with E-state index in [4.69, 9.17) is 14.6 Å². The van der Waals surface area contributed by atoms with Gasteiger partial charge in [0.05, 0.1) is 0 Å². The van der Waals surface area contributed by atoms with Crippen molar-refractivity contribution in [2.45, 2.75) is 57.8 Å². The van der Waals surface area contributed by atoms with Crippen molar-refractivity contribution in [2.24, 2.45) is 0 Å². The van der Waals surface area contributed by atoms with Crippen LogP contribution in [0.3, 0.4) is 0 Å². The van der Waals surface area contributed by atoms with E-state index < -0.39 is 5.97 Å². The number of anilines is 1. The van der Waals surface area contributed by atoms with Crippen LogP contribution in [0, 0.1) is 0 Å². The largest absolute Gasteiger partial charge is 0.489 e. The average Bonchev–Trinajstić information content (AvgIpc) is 3.62. The highest BCUT2D eigenvalue weighted by atomic mass is 16.5. The predicted octanol–water partition coefficient (Wildman–Crippen LogP) is 6.33. The summed E-state index contributed by atoms with van der Waals surface area (Å²) in [4.78, 5) is 13.2. The molecule has 0 saturated heterocycles. The van der Waals surface area contributed by atoms with Gasteiger partial charge < -0.3 is 19.5 Å². The molecule has 0 bridgehead atoms. The number of hydrogen-bond acceptors (Lipinski definition) is 4. The lowest BCUT2D eigenvalue weighted by molar-refractivity contribution is -0.136. The topological polar surface area (TPSA) is 59.0 Å². The SMILES string of the molecule is C=C1CC1Oc1ccc2c(c1)N(Cc1ccc(COc3ccc(CCC(=O)O)cc3)cc1)CCCC2. The average molecular weight is 484 g/mol. The minimum absolute atomic E-state index is 0.140. The number of benzene rings is 3. The lowest BCUT2D eigenvalue weighted by Crippen LogP contribution is -2.23. The molecule has 1 atom stereocenters. The van der Waals surface area contributed by atoms with Gasteiger partial charge in [0.25, 0.3) is 0 Å². The first-order chi connectivity index (χ1) is 17.5. The standard InChI is InChI=1S/C31H33NO4/c1-22-18-30(22)36-28-15-12-26-4-2-3-17-32(29(26)19-28)20-24-5-7-25(8-6-24)21-35-27-13-9-23(10-14-27)11-16-31(33)34/h5-10,12-15,19,30H,1-4,11,16-18,20-21H2,(H,33,34). The highest BCUT2D eigenvalue weighted by Gasteiger charge is 2.30. The molecule has 3 aromatic carbocycles. The highest BCUT2D eigenvalue weighted by molar-refractivity contribution is 5.67. The van der Waals surface area contributed by atoms with Crippen molar-refractivity contribution in [3.8, 4) is 11.5 Å². The summed E-state index contributed by atoms with van der Waals surface area (Å²) < 4.78 is 12.0. The Morgan fingerprint density at radius 3 is 2.36 bits per heavy atom. The van der Waals surface area contributed by atoms with Crippen LogP contribution in [0.2, 0.25) is 0 Å². The quantitative estimate of drug-likeness (QED) is 0.341. The Balaban J connectivity index is 1.19. The minimum Gasteiger partial charge on any atom is -0.489 e. The summed E-state index contributed by atoms with van der Waals surface area (Å²) in [6, 6.07) is 22.8. The molecule has 3 aromatic rings. The van der Waals surface area contributed by atoms with E-state index in [2.05, 4.69) is 53.9 Å². The van der Waals surface area contributed by atoms with E-state index in [0.717, 1.165) is 48.6 Å². The van der Waals surface area contributed by atoms with Gasteiger partial charge in [-0.3, -0.25) is 4.79 Å². The zero-order valence-corrected chi connectivity index (χ0v) is 20.6. The van der Waals surface area contributed by atoms with Gasteiger partial charge in [0.15, 0.2) is 0 Å². The number of aryl methyl sites for hydroxylation is 2. The molecule has 5 rings (SSSR count). The summed E-state index contributed by atoms with van der Waals surface area (Å²) in [7, 11) is 0. The lowest BCUT2D eigenvalue weighted by Gasteiger charge is -2.26. The van der Waals surface area contributed by atoms with Gasteiger partial charge in [-0.15, -0.1) is 0 Å². The number of carboxylic acid groups (broad SMARTS) is 1. The molecule has 5 heteroatoms. The van der Waals surface area contributed by atoms with E-state index in [1.54, 1.807) is 0 Å². The number of hydrogen-bond donors (Lipinski definition) is 1. The molecule has 1 saturated carbocycles. The molecule has 2 aliphatic rings. The molecule has 1 aliphatic heterocycles. The zero-order valence-electron chi connectivity index (χ0n) is 20.6. The van der Waals surface area contributed by atoms with Crippen molar-refractivity contribution in [3.63, 3.8) is 0 Å². The fourth-order valence-electron chi connectivity index (χ4n) is 4.63. The summed E-state index contributed by atoms with van der Waals surface area (Å²) in [5.74, 6) is 0.941. The number of ether oxygens (including phenoxy) is 2. The van der Waals surface area contributed by atoms with Gasteiger partial charge in [-0.1, -0.05) is 49.0 Å². The fraction of sp³-hybridized carbons (Fsp3) is 0.323. The molecule has 0 aromatic heterocycles. The molecule has 1 heterocycles. The Morgan fingerprint density at radius 1 is 0.944 bits per heavy atom. The summed E-state index contributed by atoms with van der Waals surface area (Å²) in [6.45, 7) is 6.41. The second kappa shape index (κ2) is 10.9. The minimum atomic E-state index is -0.780. The number of nitrogens with zero attached hydrogens (tertiary/aromatic N) is 1. The number of rotatable bonds is 10. The van der Waals surface area contributed by atoms with E-state index >= 15 is 0 Å². The smallest absolute Gasteiger partial charge is 0.303 e. The molecule has 0 radical (unpaired) electrons. The van der Waals surface area contributed by atoms with Crippen LogP contribution in [0.25, 0.3) is 0 Å². The molecular weight excluding hydrogens is 450 g/mol.